The van der Waals surface area contributed by atoms with Gasteiger partial charge >= 0.3 is 0 Å². The second kappa shape index (κ2) is 5.71. The minimum Gasteiger partial charge on any atom is -0.399 e. The Hall–Kier alpha value is -2.07. The second-order valence-electron chi connectivity index (χ2n) is 4.05. The van der Waals surface area contributed by atoms with E-state index in [2.05, 4.69) is 5.32 Å². The average Bonchev–Trinajstić information content (AvgIpc) is 2.39. The molecule has 0 fully saturated rings. The number of hydrogen-bond donors (Lipinski definition) is 2. The fourth-order valence-corrected chi connectivity index (χ4v) is 1.84. The largest absolute Gasteiger partial charge is 0.399 e. The topological polar surface area (TPSA) is 55.1 Å². The van der Waals surface area contributed by atoms with E-state index in [1.165, 1.54) is 18.2 Å². The lowest BCUT2D eigenvalue weighted by molar-refractivity contribution is 0.0951. The number of carbonyl (C=O) groups excluding carboxylic acids is 1. The lowest BCUT2D eigenvalue weighted by Crippen LogP contribution is -2.23. The lowest BCUT2D eigenvalue weighted by atomic mass is 10.1. The van der Waals surface area contributed by atoms with Gasteiger partial charge in [0.1, 0.15) is 5.82 Å². The number of halogens is 2. The molecule has 2 aromatic rings. The molecule has 5 heteroatoms. The van der Waals surface area contributed by atoms with Crippen LogP contribution in [0.5, 0.6) is 0 Å². The molecule has 1 amide bonds. The van der Waals surface area contributed by atoms with Crippen molar-refractivity contribution >= 4 is 23.2 Å². The Morgan fingerprint density at radius 1 is 1.26 bits per heavy atom. The maximum atomic E-state index is 13.0. The van der Waals surface area contributed by atoms with Crippen molar-refractivity contribution in [2.24, 2.45) is 0 Å². The third-order valence-electron chi connectivity index (χ3n) is 2.58. The van der Waals surface area contributed by atoms with E-state index >= 15 is 0 Å². The molecule has 0 aromatic heterocycles. The number of anilines is 1. The first-order valence-corrected chi connectivity index (χ1v) is 6.02. The van der Waals surface area contributed by atoms with Crippen molar-refractivity contribution in [2.45, 2.75) is 6.54 Å². The van der Waals surface area contributed by atoms with E-state index in [9.17, 15) is 9.18 Å². The summed E-state index contributed by atoms with van der Waals surface area (Å²) in [6.07, 6.45) is 0. The summed E-state index contributed by atoms with van der Waals surface area (Å²) < 4.78 is 13.0. The number of rotatable bonds is 3. The maximum absolute atomic E-state index is 13.0. The quantitative estimate of drug-likeness (QED) is 0.848. The fourth-order valence-electron chi connectivity index (χ4n) is 1.64. The highest BCUT2D eigenvalue weighted by molar-refractivity contribution is 6.34. The molecule has 0 atom stereocenters. The third-order valence-corrected chi connectivity index (χ3v) is 2.91. The zero-order valence-corrected chi connectivity index (χ0v) is 10.7. The summed E-state index contributed by atoms with van der Waals surface area (Å²) >= 11 is 5.92. The van der Waals surface area contributed by atoms with E-state index in [4.69, 9.17) is 17.3 Å². The van der Waals surface area contributed by atoms with Gasteiger partial charge in [0.05, 0.1) is 10.6 Å². The van der Waals surface area contributed by atoms with Gasteiger partial charge in [-0.25, -0.2) is 4.39 Å². The summed E-state index contributed by atoms with van der Waals surface area (Å²) in [5, 5.41) is 2.99. The molecule has 2 rings (SSSR count). The number of amides is 1. The molecule has 0 bridgehead atoms. The van der Waals surface area contributed by atoms with Crippen LogP contribution in [-0.4, -0.2) is 5.91 Å². The van der Waals surface area contributed by atoms with Gasteiger partial charge < -0.3 is 11.1 Å². The number of nitrogen functional groups attached to an aromatic ring is 1. The Bertz CT molecular complexity index is 616. The van der Waals surface area contributed by atoms with Gasteiger partial charge in [0, 0.05) is 12.2 Å². The Balaban J connectivity index is 2.07. The first kappa shape index (κ1) is 13.4. The predicted octanol–water partition coefficient (Wildman–Crippen LogP) is 2.99. The summed E-state index contributed by atoms with van der Waals surface area (Å²) in [6, 6.07) is 10.7. The summed E-state index contributed by atoms with van der Waals surface area (Å²) in [7, 11) is 0. The highest BCUT2D eigenvalue weighted by Gasteiger charge is 2.10. The molecule has 0 heterocycles. The molecule has 0 aliphatic carbocycles. The van der Waals surface area contributed by atoms with Gasteiger partial charge in [0.2, 0.25) is 0 Å². The van der Waals surface area contributed by atoms with E-state index in [1.807, 2.05) is 0 Å². The summed E-state index contributed by atoms with van der Waals surface area (Å²) in [4.78, 5) is 11.9. The van der Waals surface area contributed by atoms with Crippen molar-refractivity contribution in [3.8, 4) is 0 Å². The molecule has 0 radical (unpaired) electrons. The number of nitrogens with one attached hydrogen (secondary N) is 1. The van der Waals surface area contributed by atoms with Crippen molar-refractivity contribution in [1.82, 2.24) is 5.32 Å². The Kier molecular flexibility index (Phi) is 4.02. The fraction of sp³-hybridized carbons (Fsp3) is 0.0714. The first-order valence-electron chi connectivity index (χ1n) is 5.64. The molecule has 0 saturated carbocycles. The van der Waals surface area contributed by atoms with Crippen LogP contribution in [0.2, 0.25) is 5.02 Å². The zero-order valence-electron chi connectivity index (χ0n) is 9.99. The van der Waals surface area contributed by atoms with Gasteiger partial charge in [-0.05, 0) is 35.9 Å². The number of benzene rings is 2. The average molecular weight is 279 g/mol. The summed E-state index contributed by atoms with van der Waals surface area (Å²) in [5.41, 5.74) is 7.04. The molecule has 98 valence electrons. The van der Waals surface area contributed by atoms with Gasteiger partial charge in [0.25, 0.3) is 5.91 Å². The number of carbonyl (C=O) groups is 1. The zero-order chi connectivity index (χ0) is 13.8. The van der Waals surface area contributed by atoms with Crippen molar-refractivity contribution in [2.75, 3.05) is 5.73 Å². The van der Waals surface area contributed by atoms with Crippen LogP contribution in [0.15, 0.2) is 42.5 Å². The van der Waals surface area contributed by atoms with Crippen LogP contribution >= 0.6 is 11.6 Å². The van der Waals surface area contributed by atoms with Crippen LogP contribution in [0.1, 0.15) is 15.9 Å². The highest BCUT2D eigenvalue weighted by atomic mass is 35.5. The standard InChI is InChI=1S/C14H12ClFN2O/c15-13-5-4-11(17)7-12(13)14(19)18-8-9-2-1-3-10(16)6-9/h1-7H,8,17H2,(H,18,19). The molecule has 0 saturated heterocycles. The van der Waals surface area contributed by atoms with Crippen LogP contribution in [0, 0.1) is 5.82 Å². The SMILES string of the molecule is Nc1ccc(Cl)c(C(=O)NCc2cccc(F)c2)c1. The van der Waals surface area contributed by atoms with Crippen LogP contribution in [0.25, 0.3) is 0 Å². The van der Waals surface area contributed by atoms with E-state index in [1.54, 1.807) is 24.3 Å². The summed E-state index contributed by atoms with van der Waals surface area (Å²) in [5.74, 6) is -0.685. The van der Waals surface area contributed by atoms with Gasteiger partial charge in [0.15, 0.2) is 0 Å². The highest BCUT2D eigenvalue weighted by Crippen LogP contribution is 2.18. The van der Waals surface area contributed by atoms with Crippen LogP contribution < -0.4 is 11.1 Å². The molecule has 0 unspecified atom stereocenters. The van der Waals surface area contributed by atoms with Crippen molar-refractivity contribution in [3.63, 3.8) is 0 Å². The molecule has 3 N–H and O–H groups in total. The van der Waals surface area contributed by atoms with Crippen LogP contribution in [0.3, 0.4) is 0 Å². The second-order valence-corrected chi connectivity index (χ2v) is 4.46. The number of hydrogen-bond acceptors (Lipinski definition) is 2. The normalized spacial score (nSPS) is 10.2. The Morgan fingerprint density at radius 3 is 2.79 bits per heavy atom. The van der Waals surface area contributed by atoms with Crippen molar-refractivity contribution < 1.29 is 9.18 Å². The molecule has 0 aliphatic rings. The van der Waals surface area contributed by atoms with E-state index < -0.39 is 0 Å². The lowest BCUT2D eigenvalue weighted by Gasteiger charge is -2.07. The molecular formula is C14H12ClFN2O. The maximum Gasteiger partial charge on any atom is 0.253 e. The smallest absolute Gasteiger partial charge is 0.253 e. The van der Waals surface area contributed by atoms with Crippen LogP contribution in [-0.2, 0) is 6.54 Å². The van der Waals surface area contributed by atoms with Gasteiger partial charge in [-0.15, -0.1) is 0 Å². The van der Waals surface area contributed by atoms with E-state index in [0.717, 1.165) is 0 Å². The predicted molar refractivity (Wildman–Crippen MR) is 73.4 cm³/mol. The minimum atomic E-state index is -0.346. The minimum absolute atomic E-state index is 0.224. The molecular weight excluding hydrogens is 267 g/mol. The molecule has 0 aliphatic heterocycles. The van der Waals surface area contributed by atoms with Gasteiger partial charge in [-0.2, -0.15) is 0 Å². The van der Waals surface area contributed by atoms with Gasteiger partial charge in [-0.3, -0.25) is 4.79 Å². The molecule has 2 aromatic carbocycles. The Morgan fingerprint density at radius 2 is 2.05 bits per heavy atom. The van der Waals surface area contributed by atoms with Crippen molar-refractivity contribution in [3.05, 3.63) is 64.4 Å². The number of nitrogens with two attached hydrogens (primary N) is 1. The van der Waals surface area contributed by atoms with E-state index in [-0.39, 0.29) is 18.3 Å². The monoisotopic (exact) mass is 278 g/mol. The van der Waals surface area contributed by atoms with Crippen molar-refractivity contribution in [1.29, 1.82) is 0 Å². The molecule has 19 heavy (non-hydrogen) atoms. The first-order chi connectivity index (χ1) is 9.06. The Labute approximate surface area is 115 Å². The molecule has 3 nitrogen and oxygen atoms in total. The van der Waals surface area contributed by atoms with E-state index in [0.29, 0.717) is 21.8 Å². The summed E-state index contributed by atoms with van der Waals surface area (Å²) in [6.45, 7) is 0.224. The third kappa shape index (κ3) is 3.45. The van der Waals surface area contributed by atoms with Gasteiger partial charge in [-0.1, -0.05) is 23.7 Å². The molecule has 0 spiro atoms. The van der Waals surface area contributed by atoms with Crippen LogP contribution in [0.4, 0.5) is 10.1 Å².